The smallest absolute Gasteiger partial charge is 0.0900 e. The Kier molecular flexibility index (Phi) is 5.25. The molecule has 0 amide bonds. The first-order chi connectivity index (χ1) is 9.42. The standard InChI is InChI=1S/C17H30N2S/c1-12(2)10-17(8-6-7-9-17)11-18-13(3)16-14(4)19-15(5)20-16/h12-13,18H,6-11H2,1-5H3. The number of nitrogens with zero attached hydrogens (tertiary/aromatic N) is 1. The fourth-order valence-corrected chi connectivity index (χ4v) is 4.81. The molecule has 0 aliphatic heterocycles. The topological polar surface area (TPSA) is 24.9 Å². The van der Waals surface area contributed by atoms with Gasteiger partial charge in [-0.05, 0) is 51.4 Å². The Morgan fingerprint density at radius 2 is 1.85 bits per heavy atom. The van der Waals surface area contributed by atoms with Crippen LogP contribution in [0, 0.1) is 25.2 Å². The molecule has 1 atom stereocenters. The van der Waals surface area contributed by atoms with Crippen LogP contribution in [-0.4, -0.2) is 11.5 Å². The summed E-state index contributed by atoms with van der Waals surface area (Å²) in [7, 11) is 0. The second-order valence-electron chi connectivity index (χ2n) is 7.09. The first-order valence-electron chi connectivity index (χ1n) is 8.09. The van der Waals surface area contributed by atoms with Gasteiger partial charge in [-0.2, -0.15) is 0 Å². The van der Waals surface area contributed by atoms with Crippen molar-refractivity contribution in [2.24, 2.45) is 11.3 Å². The van der Waals surface area contributed by atoms with Crippen molar-refractivity contribution in [1.82, 2.24) is 10.3 Å². The van der Waals surface area contributed by atoms with Gasteiger partial charge in [-0.1, -0.05) is 26.7 Å². The Labute approximate surface area is 128 Å². The molecule has 114 valence electrons. The van der Waals surface area contributed by atoms with Crippen LogP contribution in [0.2, 0.25) is 0 Å². The van der Waals surface area contributed by atoms with Gasteiger partial charge in [-0.25, -0.2) is 4.98 Å². The first kappa shape index (κ1) is 16.0. The van der Waals surface area contributed by atoms with E-state index in [-0.39, 0.29) is 0 Å². The van der Waals surface area contributed by atoms with E-state index in [0.717, 1.165) is 5.92 Å². The quantitative estimate of drug-likeness (QED) is 0.797. The Bertz CT molecular complexity index is 430. The van der Waals surface area contributed by atoms with Crippen molar-refractivity contribution >= 4 is 11.3 Å². The molecule has 2 rings (SSSR count). The van der Waals surface area contributed by atoms with Crippen molar-refractivity contribution in [3.05, 3.63) is 15.6 Å². The molecule has 1 aliphatic rings. The Balaban J connectivity index is 1.97. The second kappa shape index (κ2) is 6.57. The van der Waals surface area contributed by atoms with Crippen LogP contribution in [0.5, 0.6) is 0 Å². The van der Waals surface area contributed by atoms with E-state index >= 15 is 0 Å². The minimum absolute atomic E-state index is 0.436. The van der Waals surface area contributed by atoms with Gasteiger partial charge in [0.1, 0.15) is 0 Å². The fraction of sp³-hybridized carbons (Fsp3) is 0.824. The maximum Gasteiger partial charge on any atom is 0.0900 e. The summed E-state index contributed by atoms with van der Waals surface area (Å²) in [5, 5.41) is 5.00. The van der Waals surface area contributed by atoms with Gasteiger partial charge in [0.15, 0.2) is 0 Å². The average Bonchev–Trinajstić information content (AvgIpc) is 2.93. The van der Waals surface area contributed by atoms with Crippen molar-refractivity contribution in [2.45, 2.75) is 72.8 Å². The van der Waals surface area contributed by atoms with Gasteiger partial charge in [0, 0.05) is 17.5 Å². The van der Waals surface area contributed by atoms with E-state index in [1.165, 1.54) is 54.2 Å². The van der Waals surface area contributed by atoms with E-state index in [0.29, 0.717) is 11.5 Å². The third-order valence-corrected chi connectivity index (χ3v) is 5.88. The zero-order valence-electron chi connectivity index (χ0n) is 13.8. The molecule has 2 nitrogen and oxygen atoms in total. The highest BCUT2D eigenvalue weighted by Crippen LogP contribution is 2.43. The normalized spacial score (nSPS) is 19.7. The highest BCUT2D eigenvalue weighted by molar-refractivity contribution is 7.11. The lowest BCUT2D eigenvalue weighted by Gasteiger charge is -2.32. The molecule has 0 spiro atoms. The predicted octanol–water partition coefficient (Wildman–Crippen LogP) is 5.02. The average molecular weight is 295 g/mol. The Hall–Kier alpha value is -0.410. The molecule has 0 saturated heterocycles. The van der Waals surface area contributed by atoms with Gasteiger partial charge in [0.05, 0.1) is 10.7 Å². The van der Waals surface area contributed by atoms with Crippen LogP contribution in [-0.2, 0) is 0 Å². The molecule has 1 aromatic heterocycles. The van der Waals surface area contributed by atoms with Gasteiger partial charge in [-0.15, -0.1) is 11.3 Å². The molecule has 20 heavy (non-hydrogen) atoms. The maximum atomic E-state index is 4.56. The summed E-state index contributed by atoms with van der Waals surface area (Å²) in [6.07, 6.45) is 7.02. The number of nitrogens with one attached hydrogen (secondary N) is 1. The molecule has 1 aromatic rings. The molecule has 1 N–H and O–H groups in total. The van der Waals surface area contributed by atoms with Crippen LogP contribution in [0.25, 0.3) is 0 Å². The van der Waals surface area contributed by atoms with E-state index in [1.807, 2.05) is 11.3 Å². The summed E-state index contributed by atoms with van der Waals surface area (Å²) in [5.41, 5.74) is 1.76. The monoisotopic (exact) mass is 294 g/mol. The first-order valence-corrected chi connectivity index (χ1v) is 8.91. The molecule has 0 aromatic carbocycles. The molecular weight excluding hydrogens is 264 g/mol. The number of aryl methyl sites for hydroxylation is 2. The lowest BCUT2D eigenvalue weighted by Crippen LogP contribution is -2.34. The molecule has 1 fully saturated rings. The van der Waals surface area contributed by atoms with Gasteiger partial charge in [0.25, 0.3) is 0 Å². The van der Waals surface area contributed by atoms with Crippen LogP contribution >= 0.6 is 11.3 Å². The molecule has 0 bridgehead atoms. The predicted molar refractivity (Wildman–Crippen MR) is 88.4 cm³/mol. The van der Waals surface area contributed by atoms with Crippen molar-refractivity contribution in [3.63, 3.8) is 0 Å². The lowest BCUT2D eigenvalue weighted by atomic mass is 9.78. The molecular formula is C17H30N2S. The molecule has 1 unspecified atom stereocenters. The summed E-state index contributed by atoms with van der Waals surface area (Å²) >= 11 is 1.84. The largest absolute Gasteiger partial charge is 0.309 e. The van der Waals surface area contributed by atoms with E-state index in [1.54, 1.807) is 0 Å². The SMILES string of the molecule is Cc1nc(C)c(C(C)NCC2(CC(C)C)CCCC2)s1. The minimum atomic E-state index is 0.436. The van der Waals surface area contributed by atoms with Crippen LogP contribution in [0.3, 0.4) is 0 Å². The van der Waals surface area contributed by atoms with E-state index < -0.39 is 0 Å². The van der Waals surface area contributed by atoms with Gasteiger partial charge >= 0.3 is 0 Å². The van der Waals surface area contributed by atoms with E-state index in [2.05, 4.69) is 44.9 Å². The third kappa shape index (κ3) is 3.82. The van der Waals surface area contributed by atoms with Crippen LogP contribution in [0.15, 0.2) is 0 Å². The number of thiazole rings is 1. The molecule has 0 radical (unpaired) electrons. The lowest BCUT2D eigenvalue weighted by molar-refractivity contribution is 0.217. The highest BCUT2D eigenvalue weighted by Gasteiger charge is 2.34. The summed E-state index contributed by atoms with van der Waals surface area (Å²) in [4.78, 5) is 5.97. The second-order valence-corrected chi connectivity index (χ2v) is 8.32. The summed E-state index contributed by atoms with van der Waals surface area (Å²) in [6, 6.07) is 0.436. The zero-order valence-corrected chi connectivity index (χ0v) is 14.6. The van der Waals surface area contributed by atoms with Gasteiger partial charge in [0.2, 0.25) is 0 Å². The maximum absolute atomic E-state index is 4.56. The van der Waals surface area contributed by atoms with Crippen LogP contribution in [0.1, 0.15) is 74.5 Å². The number of aromatic nitrogens is 1. The molecule has 1 aliphatic carbocycles. The van der Waals surface area contributed by atoms with Crippen LogP contribution < -0.4 is 5.32 Å². The Morgan fingerprint density at radius 3 is 2.35 bits per heavy atom. The summed E-state index contributed by atoms with van der Waals surface area (Å²) in [5.74, 6) is 0.803. The van der Waals surface area contributed by atoms with Crippen molar-refractivity contribution in [1.29, 1.82) is 0 Å². The van der Waals surface area contributed by atoms with Gasteiger partial charge < -0.3 is 5.32 Å². The highest BCUT2D eigenvalue weighted by atomic mass is 32.1. The van der Waals surface area contributed by atoms with E-state index in [9.17, 15) is 0 Å². The summed E-state index contributed by atoms with van der Waals surface area (Å²) < 4.78 is 0. The number of rotatable bonds is 6. The third-order valence-electron chi connectivity index (χ3n) is 4.62. The zero-order chi connectivity index (χ0) is 14.8. The van der Waals surface area contributed by atoms with E-state index in [4.69, 9.17) is 0 Å². The Morgan fingerprint density at radius 1 is 1.20 bits per heavy atom. The van der Waals surface area contributed by atoms with Crippen LogP contribution in [0.4, 0.5) is 0 Å². The molecule has 1 saturated carbocycles. The van der Waals surface area contributed by atoms with Crippen molar-refractivity contribution < 1.29 is 0 Å². The molecule has 1 heterocycles. The van der Waals surface area contributed by atoms with Crippen molar-refractivity contribution in [2.75, 3.05) is 6.54 Å². The fourth-order valence-electron chi connectivity index (χ4n) is 3.86. The number of hydrogen-bond acceptors (Lipinski definition) is 3. The minimum Gasteiger partial charge on any atom is -0.309 e. The molecule has 3 heteroatoms. The summed E-state index contributed by atoms with van der Waals surface area (Å²) in [6.45, 7) is 12.4. The van der Waals surface area contributed by atoms with Crippen molar-refractivity contribution in [3.8, 4) is 0 Å². The van der Waals surface area contributed by atoms with Gasteiger partial charge in [-0.3, -0.25) is 0 Å². The number of hydrogen-bond donors (Lipinski definition) is 1.